The van der Waals surface area contributed by atoms with Crippen LogP contribution in [0.5, 0.6) is 5.75 Å². The van der Waals surface area contributed by atoms with Crippen molar-refractivity contribution < 1.29 is 4.74 Å². The van der Waals surface area contributed by atoms with Gasteiger partial charge in [0, 0.05) is 22.2 Å². The monoisotopic (exact) mass is 337 g/mol. The molecule has 0 N–H and O–H groups in total. The van der Waals surface area contributed by atoms with Crippen LogP contribution in [0.1, 0.15) is 32.6 Å². The lowest BCUT2D eigenvalue weighted by molar-refractivity contribution is 0.305. The Kier molecular flexibility index (Phi) is 6.02. The van der Waals surface area contributed by atoms with Crippen molar-refractivity contribution in [2.75, 3.05) is 6.61 Å². The maximum absolute atomic E-state index is 5.79. The lowest BCUT2D eigenvalue weighted by Crippen LogP contribution is -1.97. The summed E-state index contributed by atoms with van der Waals surface area (Å²) in [6, 6.07) is 16.6. The van der Waals surface area contributed by atoms with Crippen molar-refractivity contribution >= 4 is 11.3 Å². The number of thiophene rings is 1. The minimum atomic E-state index is 0.799. The zero-order chi connectivity index (χ0) is 16.6. The first-order valence-corrected chi connectivity index (χ1v) is 9.48. The van der Waals surface area contributed by atoms with E-state index < -0.39 is 0 Å². The number of hydrogen-bond acceptors (Lipinski definition) is 3. The third-order valence-corrected chi connectivity index (χ3v) is 4.90. The van der Waals surface area contributed by atoms with Crippen LogP contribution in [0.15, 0.2) is 60.1 Å². The van der Waals surface area contributed by atoms with Gasteiger partial charge in [0.05, 0.1) is 12.3 Å². The van der Waals surface area contributed by atoms with Gasteiger partial charge in [-0.15, -0.1) is 11.3 Å². The van der Waals surface area contributed by atoms with Crippen molar-refractivity contribution in [3.8, 4) is 27.4 Å². The molecule has 0 aliphatic rings. The highest BCUT2D eigenvalue weighted by atomic mass is 32.1. The van der Waals surface area contributed by atoms with Crippen LogP contribution in [0.25, 0.3) is 21.7 Å². The van der Waals surface area contributed by atoms with Crippen LogP contribution in [0.2, 0.25) is 0 Å². The second kappa shape index (κ2) is 8.65. The lowest BCUT2D eigenvalue weighted by Gasteiger charge is -2.07. The van der Waals surface area contributed by atoms with Crippen LogP contribution >= 0.6 is 11.3 Å². The molecule has 0 aliphatic carbocycles. The molecule has 0 amide bonds. The topological polar surface area (TPSA) is 22.1 Å². The molecule has 3 aromatic rings. The number of nitrogens with zero attached hydrogens (tertiary/aromatic N) is 1. The van der Waals surface area contributed by atoms with Gasteiger partial charge in [-0.2, -0.15) is 0 Å². The fourth-order valence-electron chi connectivity index (χ4n) is 2.59. The number of benzene rings is 1. The molecule has 0 radical (unpaired) electrons. The number of aromatic nitrogens is 1. The first kappa shape index (κ1) is 16.7. The van der Waals surface area contributed by atoms with E-state index in [-0.39, 0.29) is 0 Å². The molecule has 2 heterocycles. The second-order valence-corrected chi connectivity index (χ2v) is 6.79. The molecule has 1 aromatic carbocycles. The zero-order valence-electron chi connectivity index (χ0n) is 14.1. The van der Waals surface area contributed by atoms with E-state index in [2.05, 4.69) is 53.7 Å². The van der Waals surface area contributed by atoms with Gasteiger partial charge in [-0.1, -0.05) is 32.3 Å². The molecule has 2 aromatic heterocycles. The van der Waals surface area contributed by atoms with Crippen LogP contribution in [-0.2, 0) is 0 Å². The molecular weight excluding hydrogens is 314 g/mol. The van der Waals surface area contributed by atoms with Gasteiger partial charge in [0.15, 0.2) is 0 Å². The number of ether oxygens (including phenoxy) is 1. The second-order valence-electron chi connectivity index (χ2n) is 5.84. The molecule has 124 valence electrons. The van der Waals surface area contributed by atoms with Gasteiger partial charge in [-0.3, -0.25) is 4.98 Å². The summed E-state index contributed by atoms with van der Waals surface area (Å²) in [4.78, 5) is 5.85. The van der Waals surface area contributed by atoms with Gasteiger partial charge < -0.3 is 4.74 Å². The molecule has 24 heavy (non-hydrogen) atoms. The molecule has 0 spiro atoms. The van der Waals surface area contributed by atoms with Crippen LogP contribution < -0.4 is 4.74 Å². The van der Waals surface area contributed by atoms with E-state index in [1.54, 1.807) is 11.3 Å². The summed E-state index contributed by atoms with van der Waals surface area (Å²) in [6.45, 7) is 3.02. The van der Waals surface area contributed by atoms with Crippen LogP contribution in [-0.4, -0.2) is 11.6 Å². The lowest BCUT2D eigenvalue weighted by atomic mass is 10.1. The molecule has 3 heteroatoms. The first-order valence-electron chi connectivity index (χ1n) is 8.60. The first-order chi connectivity index (χ1) is 11.9. The standard InChI is InChI=1S/C21H23NOS/c1-2-3-4-5-14-23-19-11-8-17(9-12-19)20-13-10-18(16-22-20)21-7-6-15-24-21/h6-13,15-16H,2-5,14H2,1H3. The van der Waals surface area contributed by atoms with Gasteiger partial charge in [0.25, 0.3) is 0 Å². The minimum Gasteiger partial charge on any atom is -0.494 e. The van der Waals surface area contributed by atoms with E-state index in [0.717, 1.165) is 30.0 Å². The molecule has 0 bridgehead atoms. The van der Waals surface area contributed by atoms with E-state index in [4.69, 9.17) is 4.74 Å². The molecule has 3 rings (SSSR count). The van der Waals surface area contributed by atoms with Crippen molar-refractivity contribution in [2.45, 2.75) is 32.6 Å². The quantitative estimate of drug-likeness (QED) is 0.441. The van der Waals surface area contributed by atoms with Crippen molar-refractivity contribution in [3.05, 3.63) is 60.1 Å². The number of pyridine rings is 1. The average molecular weight is 337 g/mol. The maximum atomic E-state index is 5.79. The fourth-order valence-corrected chi connectivity index (χ4v) is 3.31. The van der Waals surface area contributed by atoms with Crippen LogP contribution in [0.3, 0.4) is 0 Å². The predicted molar refractivity (Wildman–Crippen MR) is 103 cm³/mol. The average Bonchev–Trinajstić information content (AvgIpc) is 3.17. The summed E-state index contributed by atoms with van der Waals surface area (Å²) in [5.74, 6) is 0.936. The smallest absolute Gasteiger partial charge is 0.119 e. The van der Waals surface area contributed by atoms with Crippen molar-refractivity contribution in [1.82, 2.24) is 4.98 Å². The summed E-state index contributed by atoms with van der Waals surface area (Å²) in [6.07, 6.45) is 6.86. The van der Waals surface area contributed by atoms with Crippen molar-refractivity contribution in [2.24, 2.45) is 0 Å². The zero-order valence-corrected chi connectivity index (χ0v) is 14.9. The summed E-state index contributed by atoms with van der Waals surface area (Å²) >= 11 is 1.74. The molecule has 2 nitrogen and oxygen atoms in total. The number of hydrogen-bond donors (Lipinski definition) is 0. The number of unbranched alkanes of at least 4 members (excludes halogenated alkanes) is 3. The van der Waals surface area contributed by atoms with Gasteiger partial charge >= 0.3 is 0 Å². The molecule has 0 unspecified atom stereocenters. The normalized spacial score (nSPS) is 10.7. The van der Waals surface area contributed by atoms with Gasteiger partial charge in [-0.05, 0) is 54.3 Å². The van der Waals surface area contributed by atoms with E-state index in [1.807, 2.05) is 18.3 Å². The summed E-state index contributed by atoms with van der Waals surface area (Å²) in [5, 5.41) is 2.09. The Morgan fingerprint density at radius 3 is 2.42 bits per heavy atom. The molecule has 0 atom stereocenters. The molecule has 0 aliphatic heterocycles. The van der Waals surface area contributed by atoms with E-state index in [1.165, 1.54) is 29.7 Å². The highest BCUT2D eigenvalue weighted by molar-refractivity contribution is 7.13. The third-order valence-electron chi connectivity index (χ3n) is 3.99. The third kappa shape index (κ3) is 4.45. The molecule has 0 fully saturated rings. The fraction of sp³-hybridized carbons (Fsp3) is 0.286. The van der Waals surface area contributed by atoms with E-state index in [9.17, 15) is 0 Å². The minimum absolute atomic E-state index is 0.799. The Balaban J connectivity index is 1.59. The Bertz CT molecular complexity index is 718. The predicted octanol–water partition coefficient (Wildman–Crippen LogP) is 6.44. The highest BCUT2D eigenvalue weighted by Crippen LogP contribution is 2.26. The van der Waals surface area contributed by atoms with Gasteiger partial charge in [0.2, 0.25) is 0 Å². The SMILES string of the molecule is CCCCCCOc1ccc(-c2ccc(-c3cccs3)cn2)cc1. The largest absolute Gasteiger partial charge is 0.494 e. The number of rotatable bonds is 8. The van der Waals surface area contributed by atoms with Crippen LogP contribution in [0.4, 0.5) is 0 Å². The summed E-state index contributed by atoms with van der Waals surface area (Å²) < 4.78 is 5.79. The van der Waals surface area contributed by atoms with E-state index in [0.29, 0.717) is 0 Å². The Morgan fingerprint density at radius 2 is 1.75 bits per heavy atom. The molecule has 0 saturated carbocycles. The van der Waals surface area contributed by atoms with Crippen molar-refractivity contribution in [3.63, 3.8) is 0 Å². The van der Waals surface area contributed by atoms with E-state index >= 15 is 0 Å². The molecule has 0 saturated heterocycles. The van der Waals surface area contributed by atoms with Gasteiger partial charge in [0.1, 0.15) is 5.75 Å². The highest BCUT2D eigenvalue weighted by Gasteiger charge is 2.03. The molecular formula is C21H23NOS. The Morgan fingerprint density at radius 1 is 0.917 bits per heavy atom. The Hall–Kier alpha value is -2.13. The summed E-state index contributed by atoms with van der Waals surface area (Å²) in [7, 11) is 0. The summed E-state index contributed by atoms with van der Waals surface area (Å²) in [5.41, 5.74) is 3.27. The van der Waals surface area contributed by atoms with Crippen LogP contribution in [0, 0.1) is 0 Å². The maximum Gasteiger partial charge on any atom is 0.119 e. The Labute approximate surface area is 148 Å². The van der Waals surface area contributed by atoms with Gasteiger partial charge in [-0.25, -0.2) is 0 Å². The van der Waals surface area contributed by atoms with Crippen molar-refractivity contribution in [1.29, 1.82) is 0 Å².